The number of allylic oxidation sites excluding steroid dienone is 2. The fourth-order valence-electron chi connectivity index (χ4n) is 3.51. The summed E-state index contributed by atoms with van der Waals surface area (Å²) in [5.74, 6) is -1.02. The Morgan fingerprint density at radius 3 is 2.09 bits per heavy atom. The molecule has 0 aliphatic heterocycles. The molecule has 3 rings (SSSR count). The van der Waals surface area contributed by atoms with Gasteiger partial charge in [-0.05, 0) is 41.7 Å². The van der Waals surface area contributed by atoms with Crippen LogP contribution >= 0.6 is 0 Å². The molecular weight excluding hydrogens is 453 g/mol. The van der Waals surface area contributed by atoms with Crippen LogP contribution in [0.4, 0.5) is 13.2 Å². The maximum Gasteiger partial charge on any atom is 0.417 e. The molecule has 0 atom stereocenters. The highest BCUT2D eigenvalue weighted by Crippen LogP contribution is 2.31. The normalized spacial score (nSPS) is 11.4. The summed E-state index contributed by atoms with van der Waals surface area (Å²) in [5.41, 5.74) is 2.09. The van der Waals surface area contributed by atoms with E-state index in [2.05, 4.69) is 47.0 Å². The van der Waals surface area contributed by atoms with Gasteiger partial charge in [0, 0.05) is 19.5 Å². The zero-order chi connectivity index (χ0) is 25.1. The Balaban J connectivity index is 1.32. The van der Waals surface area contributed by atoms with Gasteiger partial charge in [0.05, 0.1) is 11.1 Å². The molecule has 3 aromatic rings. The van der Waals surface area contributed by atoms with Crippen LogP contribution in [0.15, 0.2) is 91.0 Å². The molecule has 0 saturated carbocycles. The highest BCUT2D eigenvalue weighted by Gasteiger charge is 2.34. The van der Waals surface area contributed by atoms with E-state index in [1.165, 1.54) is 23.3 Å². The summed E-state index contributed by atoms with van der Waals surface area (Å²) in [4.78, 5) is 24.0. The molecule has 0 heterocycles. The lowest BCUT2D eigenvalue weighted by Crippen LogP contribution is -2.35. The molecule has 0 saturated heterocycles. The summed E-state index contributed by atoms with van der Waals surface area (Å²) in [6, 6.07) is 23.1. The molecule has 0 aliphatic rings. The number of hydrogen-bond donors (Lipinski definition) is 2. The highest BCUT2D eigenvalue weighted by atomic mass is 19.4. The standard InChI is InChI=1S/C28H27F3N2O2/c29-28(30,31)25-13-8-7-12-24(25)27(35)33-20-19-32-26(34)14-6-1-3-9-21-15-17-23(18-16-21)22-10-4-2-5-11-22/h1-5,7-8,10-13,15-18H,6,9,14,19-20H2,(H,32,34)(H,33,35)/b3-1+. The van der Waals surface area contributed by atoms with E-state index in [9.17, 15) is 22.8 Å². The molecule has 2 N–H and O–H groups in total. The maximum atomic E-state index is 13.0. The first-order chi connectivity index (χ1) is 16.8. The van der Waals surface area contributed by atoms with E-state index in [-0.39, 0.29) is 25.4 Å². The molecule has 35 heavy (non-hydrogen) atoms. The Bertz CT molecular complexity index is 1140. The molecule has 0 spiro atoms. The Hall–Kier alpha value is -3.87. The van der Waals surface area contributed by atoms with Gasteiger partial charge in [-0.3, -0.25) is 9.59 Å². The van der Waals surface area contributed by atoms with Crippen molar-refractivity contribution in [3.05, 3.63) is 108 Å². The molecule has 0 aromatic heterocycles. The monoisotopic (exact) mass is 480 g/mol. The number of carbonyl (C=O) groups is 2. The van der Waals surface area contributed by atoms with Crippen molar-refractivity contribution in [2.24, 2.45) is 0 Å². The molecule has 182 valence electrons. The van der Waals surface area contributed by atoms with Crippen LogP contribution < -0.4 is 10.6 Å². The van der Waals surface area contributed by atoms with Gasteiger partial charge in [-0.2, -0.15) is 13.2 Å². The molecule has 0 aliphatic carbocycles. The van der Waals surface area contributed by atoms with Crippen LogP contribution in [0.2, 0.25) is 0 Å². The van der Waals surface area contributed by atoms with Crippen molar-refractivity contribution in [1.29, 1.82) is 0 Å². The van der Waals surface area contributed by atoms with Gasteiger partial charge in [-0.25, -0.2) is 0 Å². The molecule has 0 unspecified atom stereocenters. The average Bonchev–Trinajstić information content (AvgIpc) is 2.86. The van der Waals surface area contributed by atoms with Gasteiger partial charge >= 0.3 is 6.18 Å². The number of nitrogens with one attached hydrogen (secondary N) is 2. The summed E-state index contributed by atoms with van der Waals surface area (Å²) >= 11 is 0. The molecule has 0 radical (unpaired) electrons. The second kappa shape index (κ2) is 12.6. The minimum Gasteiger partial charge on any atom is -0.354 e. The van der Waals surface area contributed by atoms with E-state index in [1.54, 1.807) is 0 Å². The van der Waals surface area contributed by atoms with Crippen molar-refractivity contribution >= 4 is 11.8 Å². The van der Waals surface area contributed by atoms with Gasteiger partial charge in [0.2, 0.25) is 5.91 Å². The summed E-state index contributed by atoms with van der Waals surface area (Å²) in [6.45, 7) is 0.168. The van der Waals surface area contributed by atoms with Crippen LogP contribution in [0.3, 0.4) is 0 Å². The summed E-state index contributed by atoms with van der Waals surface area (Å²) in [5, 5.41) is 5.06. The molecule has 2 amide bonds. The fourth-order valence-corrected chi connectivity index (χ4v) is 3.51. The molecule has 7 heteroatoms. The third kappa shape index (κ3) is 8.14. The molecular formula is C28H27F3N2O2. The third-order valence-corrected chi connectivity index (χ3v) is 5.33. The van der Waals surface area contributed by atoms with Crippen molar-refractivity contribution in [3.8, 4) is 11.1 Å². The van der Waals surface area contributed by atoms with Crippen LogP contribution in [0, 0.1) is 0 Å². The number of halogens is 3. The number of hydrogen-bond acceptors (Lipinski definition) is 2. The van der Waals surface area contributed by atoms with Gasteiger partial charge in [-0.15, -0.1) is 0 Å². The fraction of sp³-hybridized carbons (Fsp3) is 0.214. The van der Waals surface area contributed by atoms with E-state index >= 15 is 0 Å². The quantitative estimate of drug-likeness (QED) is 0.285. The number of rotatable bonds is 10. The van der Waals surface area contributed by atoms with Crippen molar-refractivity contribution in [1.82, 2.24) is 10.6 Å². The lowest BCUT2D eigenvalue weighted by Gasteiger charge is -2.12. The van der Waals surface area contributed by atoms with Crippen LogP contribution in [0.1, 0.15) is 34.3 Å². The van der Waals surface area contributed by atoms with Crippen molar-refractivity contribution < 1.29 is 22.8 Å². The number of carbonyl (C=O) groups excluding carboxylic acids is 2. The lowest BCUT2D eigenvalue weighted by atomic mass is 10.0. The second-order valence-electron chi connectivity index (χ2n) is 7.93. The predicted molar refractivity (Wildman–Crippen MR) is 131 cm³/mol. The molecule has 3 aromatic carbocycles. The Morgan fingerprint density at radius 1 is 0.743 bits per heavy atom. The first-order valence-electron chi connectivity index (χ1n) is 11.3. The molecule has 0 bridgehead atoms. The molecule has 0 fully saturated rings. The lowest BCUT2D eigenvalue weighted by molar-refractivity contribution is -0.138. The average molecular weight is 481 g/mol. The number of benzene rings is 3. The summed E-state index contributed by atoms with van der Waals surface area (Å²) in [6.07, 6.45) is 0.973. The zero-order valence-corrected chi connectivity index (χ0v) is 19.1. The van der Waals surface area contributed by atoms with E-state index in [0.717, 1.165) is 24.1 Å². The van der Waals surface area contributed by atoms with Crippen molar-refractivity contribution in [2.45, 2.75) is 25.4 Å². The Kier molecular flexibility index (Phi) is 9.23. The second-order valence-corrected chi connectivity index (χ2v) is 7.93. The minimum atomic E-state index is -4.61. The smallest absolute Gasteiger partial charge is 0.354 e. The Labute approximate surface area is 202 Å². The van der Waals surface area contributed by atoms with E-state index < -0.39 is 23.2 Å². The van der Waals surface area contributed by atoms with E-state index in [4.69, 9.17) is 0 Å². The van der Waals surface area contributed by atoms with Gasteiger partial charge in [0.25, 0.3) is 5.91 Å². The zero-order valence-electron chi connectivity index (χ0n) is 19.1. The molecule has 4 nitrogen and oxygen atoms in total. The first kappa shape index (κ1) is 25.7. The van der Waals surface area contributed by atoms with Gasteiger partial charge in [-0.1, -0.05) is 78.9 Å². The van der Waals surface area contributed by atoms with E-state index in [1.807, 2.05) is 30.4 Å². The predicted octanol–water partition coefficient (Wildman–Crippen LogP) is 5.80. The maximum absolute atomic E-state index is 13.0. The van der Waals surface area contributed by atoms with Gasteiger partial charge in [0.15, 0.2) is 0 Å². The topological polar surface area (TPSA) is 58.2 Å². The largest absolute Gasteiger partial charge is 0.417 e. The van der Waals surface area contributed by atoms with Gasteiger partial charge < -0.3 is 10.6 Å². The third-order valence-electron chi connectivity index (χ3n) is 5.33. The summed E-state index contributed by atoms with van der Waals surface area (Å²) < 4.78 is 39.0. The van der Waals surface area contributed by atoms with Gasteiger partial charge in [0.1, 0.15) is 0 Å². The van der Waals surface area contributed by atoms with Crippen molar-refractivity contribution in [2.75, 3.05) is 13.1 Å². The van der Waals surface area contributed by atoms with Crippen molar-refractivity contribution in [3.63, 3.8) is 0 Å². The van der Waals surface area contributed by atoms with E-state index in [0.29, 0.717) is 6.42 Å². The number of amides is 2. The Morgan fingerprint density at radius 2 is 1.37 bits per heavy atom. The van der Waals surface area contributed by atoms with Crippen LogP contribution in [-0.2, 0) is 17.4 Å². The highest BCUT2D eigenvalue weighted by molar-refractivity contribution is 5.95. The summed E-state index contributed by atoms with van der Waals surface area (Å²) in [7, 11) is 0. The SMILES string of the molecule is O=C(CC/C=C/Cc1ccc(-c2ccccc2)cc1)NCCNC(=O)c1ccccc1C(F)(F)F. The first-order valence-corrected chi connectivity index (χ1v) is 11.3. The van der Waals surface area contributed by atoms with Crippen LogP contribution in [0.25, 0.3) is 11.1 Å². The van der Waals surface area contributed by atoms with Crippen LogP contribution in [-0.4, -0.2) is 24.9 Å². The number of alkyl halides is 3. The minimum absolute atomic E-state index is 0.0333. The van der Waals surface area contributed by atoms with Crippen LogP contribution in [0.5, 0.6) is 0 Å².